The number of carbonyl (C=O) groups is 1. The molecule has 1 amide bonds. The number of hydrogen-bond acceptors (Lipinski definition) is 5. The highest BCUT2D eigenvalue weighted by atomic mass is 32.2. The average molecular weight is 387 g/mol. The van der Waals surface area contributed by atoms with Crippen LogP contribution in [0.1, 0.15) is 23.3 Å². The van der Waals surface area contributed by atoms with E-state index in [4.69, 9.17) is 0 Å². The first kappa shape index (κ1) is 18.8. The smallest absolute Gasteiger partial charge is 0.270 e. The number of aromatic amines is 1. The van der Waals surface area contributed by atoms with Crippen molar-refractivity contribution in [1.29, 1.82) is 0 Å². The number of likely N-dealkylation sites (tertiary alicyclic amines) is 1. The minimum Gasteiger partial charge on any atom is -0.356 e. The van der Waals surface area contributed by atoms with Gasteiger partial charge in [0.05, 0.1) is 0 Å². The van der Waals surface area contributed by atoms with Gasteiger partial charge in [0.15, 0.2) is 0 Å². The Hall–Kier alpha value is -1.03. The molecule has 2 N–H and O–H groups in total. The second-order valence-electron chi connectivity index (χ2n) is 6.58. The van der Waals surface area contributed by atoms with Gasteiger partial charge in [-0.05, 0) is 38.4 Å². The van der Waals surface area contributed by atoms with E-state index in [1.807, 2.05) is 11.9 Å². The van der Waals surface area contributed by atoms with E-state index in [9.17, 15) is 13.2 Å². The van der Waals surface area contributed by atoms with Crippen LogP contribution in [0.25, 0.3) is 0 Å². The summed E-state index contributed by atoms with van der Waals surface area (Å²) in [5.74, 6) is 1.97. The van der Waals surface area contributed by atoms with Crippen LogP contribution in [-0.4, -0.2) is 79.8 Å². The Morgan fingerprint density at radius 1 is 1.36 bits per heavy atom. The summed E-state index contributed by atoms with van der Waals surface area (Å²) in [6.07, 6.45) is 3.54. The number of nitrogens with one attached hydrogen (secondary N) is 2. The zero-order valence-electron chi connectivity index (χ0n) is 14.5. The summed E-state index contributed by atoms with van der Waals surface area (Å²) < 4.78 is 26.9. The predicted molar refractivity (Wildman–Crippen MR) is 99.4 cm³/mol. The van der Waals surface area contributed by atoms with Crippen molar-refractivity contribution in [1.82, 2.24) is 19.5 Å². The molecule has 9 heteroatoms. The summed E-state index contributed by atoms with van der Waals surface area (Å²) in [6, 6.07) is 1.49. The van der Waals surface area contributed by atoms with E-state index in [2.05, 4.69) is 10.3 Å². The van der Waals surface area contributed by atoms with Crippen molar-refractivity contribution < 1.29 is 13.2 Å². The van der Waals surface area contributed by atoms with Crippen LogP contribution in [-0.2, 0) is 10.0 Å². The van der Waals surface area contributed by atoms with Gasteiger partial charge in [0.2, 0.25) is 10.0 Å². The number of aromatic nitrogens is 1. The standard InChI is InChI=1S/C16H26N4O3S2/c1-17-10-13-3-2-4-19(12-13)16(21)15-9-14(11-18-15)25(22,23)20-5-7-24-8-6-20/h9,11,13,17-18H,2-8,10,12H2,1H3. The summed E-state index contributed by atoms with van der Waals surface area (Å²) in [5, 5.41) is 3.16. The molecule has 140 valence electrons. The molecule has 3 heterocycles. The van der Waals surface area contributed by atoms with Gasteiger partial charge in [0.25, 0.3) is 5.91 Å². The number of carbonyl (C=O) groups excluding carboxylic acids is 1. The van der Waals surface area contributed by atoms with E-state index in [1.54, 1.807) is 11.8 Å². The fourth-order valence-corrected chi connectivity index (χ4v) is 6.03. The maximum atomic E-state index is 12.7. The molecule has 0 radical (unpaired) electrons. The van der Waals surface area contributed by atoms with Crippen LogP contribution in [0, 0.1) is 5.92 Å². The van der Waals surface area contributed by atoms with Crippen molar-refractivity contribution in [2.45, 2.75) is 17.7 Å². The van der Waals surface area contributed by atoms with Crippen molar-refractivity contribution in [2.75, 3.05) is 51.3 Å². The lowest BCUT2D eigenvalue weighted by molar-refractivity contribution is 0.0669. The van der Waals surface area contributed by atoms with Crippen LogP contribution in [0.4, 0.5) is 0 Å². The molecule has 2 aliphatic heterocycles. The lowest BCUT2D eigenvalue weighted by atomic mass is 9.98. The van der Waals surface area contributed by atoms with Crippen LogP contribution in [0.3, 0.4) is 0 Å². The molecule has 1 unspecified atom stereocenters. The van der Waals surface area contributed by atoms with E-state index >= 15 is 0 Å². The normalized spacial score (nSPS) is 22.9. The molecule has 25 heavy (non-hydrogen) atoms. The molecule has 0 aromatic carbocycles. The number of piperidine rings is 1. The summed E-state index contributed by atoms with van der Waals surface area (Å²) in [6.45, 7) is 3.38. The van der Waals surface area contributed by atoms with Crippen molar-refractivity contribution in [3.63, 3.8) is 0 Å². The Balaban J connectivity index is 1.71. The molecule has 2 aliphatic rings. The molecule has 1 aromatic rings. The molecule has 0 spiro atoms. The van der Waals surface area contributed by atoms with Crippen LogP contribution < -0.4 is 5.32 Å². The largest absolute Gasteiger partial charge is 0.356 e. The number of sulfonamides is 1. The monoisotopic (exact) mass is 386 g/mol. The molecule has 1 aromatic heterocycles. The quantitative estimate of drug-likeness (QED) is 0.783. The maximum absolute atomic E-state index is 12.7. The second-order valence-corrected chi connectivity index (χ2v) is 9.75. The Bertz CT molecular complexity index is 696. The molecule has 0 bridgehead atoms. The van der Waals surface area contributed by atoms with E-state index in [-0.39, 0.29) is 10.8 Å². The summed E-state index contributed by atoms with van der Waals surface area (Å²) >= 11 is 1.76. The van der Waals surface area contributed by atoms with Crippen LogP contribution in [0.2, 0.25) is 0 Å². The van der Waals surface area contributed by atoms with E-state index in [0.29, 0.717) is 31.2 Å². The van der Waals surface area contributed by atoms with E-state index < -0.39 is 10.0 Å². The third kappa shape index (κ3) is 4.21. The predicted octanol–water partition coefficient (Wildman–Crippen LogP) is 0.824. The number of amides is 1. The number of thioether (sulfide) groups is 1. The Kier molecular flexibility index (Phi) is 6.08. The van der Waals surface area contributed by atoms with Crippen molar-refractivity contribution in [2.24, 2.45) is 5.92 Å². The van der Waals surface area contributed by atoms with Crippen molar-refractivity contribution in [3.05, 3.63) is 18.0 Å². The van der Waals surface area contributed by atoms with Crippen LogP contribution in [0.5, 0.6) is 0 Å². The minimum atomic E-state index is -3.52. The summed E-state index contributed by atoms with van der Waals surface area (Å²) in [4.78, 5) is 17.6. The summed E-state index contributed by atoms with van der Waals surface area (Å²) in [5.41, 5.74) is 0.357. The molecular weight excluding hydrogens is 360 g/mol. The lowest BCUT2D eigenvalue weighted by Crippen LogP contribution is -2.42. The topological polar surface area (TPSA) is 85.5 Å². The van der Waals surface area contributed by atoms with Crippen molar-refractivity contribution >= 4 is 27.7 Å². The first-order valence-corrected chi connectivity index (χ1v) is 11.3. The van der Waals surface area contributed by atoms with Gasteiger partial charge in [-0.1, -0.05) is 0 Å². The highest BCUT2D eigenvalue weighted by Crippen LogP contribution is 2.23. The molecule has 1 atom stereocenters. The van der Waals surface area contributed by atoms with Gasteiger partial charge >= 0.3 is 0 Å². The van der Waals surface area contributed by atoms with Crippen LogP contribution in [0.15, 0.2) is 17.2 Å². The highest BCUT2D eigenvalue weighted by Gasteiger charge is 2.29. The molecule has 0 aliphatic carbocycles. The number of rotatable bonds is 5. The first-order valence-electron chi connectivity index (χ1n) is 8.72. The molecule has 3 rings (SSSR count). The van der Waals surface area contributed by atoms with Crippen LogP contribution >= 0.6 is 11.8 Å². The Morgan fingerprint density at radius 2 is 2.12 bits per heavy atom. The molecule has 0 saturated carbocycles. The fraction of sp³-hybridized carbons (Fsp3) is 0.688. The lowest BCUT2D eigenvalue weighted by Gasteiger charge is -2.32. The summed E-state index contributed by atoms with van der Waals surface area (Å²) in [7, 11) is -1.60. The molecule has 2 fully saturated rings. The zero-order chi connectivity index (χ0) is 17.9. The number of H-pyrrole nitrogens is 1. The minimum absolute atomic E-state index is 0.114. The SMILES string of the molecule is CNCC1CCCN(C(=O)c2cc(S(=O)(=O)N3CCSCC3)c[nH]2)C1. The highest BCUT2D eigenvalue weighted by molar-refractivity contribution is 7.99. The van der Waals surface area contributed by atoms with Gasteiger partial charge in [0, 0.05) is 43.9 Å². The maximum Gasteiger partial charge on any atom is 0.270 e. The van der Waals surface area contributed by atoms with Gasteiger partial charge < -0.3 is 15.2 Å². The number of hydrogen-bond donors (Lipinski definition) is 2. The van der Waals surface area contributed by atoms with Gasteiger partial charge in [-0.2, -0.15) is 16.1 Å². The third-order valence-electron chi connectivity index (χ3n) is 4.79. The fourth-order valence-electron chi connectivity index (χ4n) is 3.46. The average Bonchev–Trinajstić information content (AvgIpc) is 3.13. The zero-order valence-corrected chi connectivity index (χ0v) is 16.2. The molecule has 7 nitrogen and oxygen atoms in total. The van der Waals surface area contributed by atoms with Gasteiger partial charge in [0.1, 0.15) is 10.6 Å². The molecule has 2 saturated heterocycles. The Morgan fingerprint density at radius 3 is 2.84 bits per heavy atom. The van der Waals surface area contributed by atoms with Crippen molar-refractivity contribution in [3.8, 4) is 0 Å². The van der Waals surface area contributed by atoms with Gasteiger partial charge in [-0.3, -0.25) is 4.79 Å². The first-order chi connectivity index (χ1) is 12.0. The Labute approximate surface area is 153 Å². The van der Waals surface area contributed by atoms with Gasteiger partial charge in [-0.25, -0.2) is 8.42 Å². The van der Waals surface area contributed by atoms with E-state index in [1.165, 1.54) is 16.6 Å². The number of nitrogens with zero attached hydrogens (tertiary/aromatic N) is 2. The van der Waals surface area contributed by atoms with Gasteiger partial charge in [-0.15, -0.1) is 0 Å². The van der Waals surface area contributed by atoms with E-state index in [0.717, 1.165) is 37.4 Å². The molecular formula is C16H26N4O3S2. The third-order valence-corrected chi connectivity index (χ3v) is 7.61. The second kappa shape index (κ2) is 8.11.